The summed E-state index contributed by atoms with van der Waals surface area (Å²) >= 11 is 3.24. The molecule has 0 aliphatic carbocycles. The number of nitrogens with one attached hydrogen (secondary N) is 1. The number of amides is 1. The van der Waals surface area contributed by atoms with Gasteiger partial charge >= 0.3 is 0 Å². The number of carbonyl (C=O) groups excluding carboxylic acids is 1. The van der Waals surface area contributed by atoms with E-state index in [0.29, 0.717) is 15.7 Å². The topological polar surface area (TPSA) is 75.3 Å². The van der Waals surface area contributed by atoms with Crippen LogP contribution >= 0.6 is 15.9 Å². The standard InChI is InChI=1S/C10H13BrN2O2/c1-6(5-14)13-10(15)7-2-3-9(12)8(11)4-7/h2-4,6,14H,5,12H2,1H3,(H,13,15)/t6-/m0/s1. The lowest BCUT2D eigenvalue weighted by Crippen LogP contribution is -2.34. The average molecular weight is 273 g/mol. The molecule has 82 valence electrons. The van der Waals surface area contributed by atoms with Crippen molar-refractivity contribution in [2.75, 3.05) is 12.3 Å². The zero-order valence-corrected chi connectivity index (χ0v) is 9.91. The van der Waals surface area contributed by atoms with Crippen molar-refractivity contribution in [1.82, 2.24) is 5.32 Å². The van der Waals surface area contributed by atoms with E-state index in [0.717, 1.165) is 0 Å². The molecule has 15 heavy (non-hydrogen) atoms. The van der Waals surface area contributed by atoms with Crippen molar-refractivity contribution in [2.24, 2.45) is 0 Å². The molecule has 0 bridgehead atoms. The van der Waals surface area contributed by atoms with E-state index in [2.05, 4.69) is 21.2 Å². The van der Waals surface area contributed by atoms with Crippen molar-refractivity contribution in [3.05, 3.63) is 28.2 Å². The Kier molecular flexibility index (Phi) is 4.11. The number of nitrogen functional groups attached to an aromatic ring is 1. The first-order chi connectivity index (χ1) is 7.04. The van der Waals surface area contributed by atoms with Crippen LogP contribution in [-0.4, -0.2) is 23.7 Å². The highest BCUT2D eigenvalue weighted by Gasteiger charge is 2.09. The van der Waals surface area contributed by atoms with Gasteiger partial charge in [-0.2, -0.15) is 0 Å². The highest BCUT2D eigenvalue weighted by atomic mass is 79.9. The Bertz CT molecular complexity index is 368. The molecule has 0 heterocycles. The van der Waals surface area contributed by atoms with Crippen LogP contribution in [0, 0.1) is 0 Å². The number of nitrogens with two attached hydrogens (primary N) is 1. The molecule has 0 aliphatic rings. The molecular formula is C10H13BrN2O2. The van der Waals surface area contributed by atoms with Crippen molar-refractivity contribution in [3.8, 4) is 0 Å². The van der Waals surface area contributed by atoms with Gasteiger partial charge in [-0.3, -0.25) is 4.79 Å². The van der Waals surface area contributed by atoms with Gasteiger partial charge in [0.2, 0.25) is 0 Å². The molecule has 1 amide bonds. The van der Waals surface area contributed by atoms with E-state index < -0.39 is 0 Å². The number of aliphatic hydroxyl groups is 1. The Morgan fingerprint density at radius 3 is 2.87 bits per heavy atom. The Balaban J connectivity index is 2.78. The fourth-order valence-electron chi connectivity index (χ4n) is 1.02. The third-order valence-corrected chi connectivity index (χ3v) is 2.60. The summed E-state index contributed by atoms with van der Waals surface area (Å²) < 4.78 is 0.687. The van der Waals surface area contributed by atoms with Crippen molar-refractivity contribution >= 4 is 27.5 Å². The second kappa shape index (κ2) is 5.14. The van der Waals surface area contributed by atoms with Crippen LogP contribution in [0.5, 0.6) is 0 Å². The van der Waals surface area contributed by atoms with Gasteiger partial charge < -0.3 is 16.2 Å². The lowest BCUT2D eigenvalue weighted by atomic mass is 10.2. The molecule has 4 N–H and O–H groups in total. The molecule has 1 atom stereocenters. The number of hydrogen-bond donors (Lipinski definition) is 3. The zero-order chi connectivity index (χ0) is 11.4. The van der Waals surface area contributed by atoms with Crippen LogP contribution < -0.4 is 11.1 Å². The van der Waals surface area contributed by atoms with Crippen molar-refractivity contribution < 1.29 is 9.90 Å². The average Bonchev–Trinajstić information content (AvgIpc) is 2.21. The first-order valence-electron chi connectivity index (χ1n) is 4.51. The molecule has 0 fully saturated rings. The summed E-state index contributed by atoms with van der Waals surface area (Å²) in [5.41, 5.74) is 6.69. The van der Waals surface area contributed by atoms with Crippen LogP contribution in [0.25, 0.3) is 0 Å². The first-order valence-corrected chi connectivity index (χ1v) is 5.30. The Labute approximate surface area is 96.6 Å². The summed E-state index contributed by atoms with van der Waals surface area (Å²) in [5, 5.41) is 11.4. The summed E-state index contributed by atoms with van der Waals surface area (Å²) in [6.07, 6.45) is 0. The molecule has 1 aromatic rings. The molecule has 0 spiro atoms. The predicted octanol–water partition coefficient (Wildman–Crippen LogP) is 1.14. The highest BCUT2D eigenvalue weighted by Crippen LogP contribution is 2.20. The van der Waals surface area contributed by atoms with E-state index in [1.54, 1.807) is 25.1 Å². The molecule has 0 aromatic heterocycles. The van der Waals surface area contributed by atoms with Crippen LogP contribution in [0.2, 0.25) is 0 Å². The van der Waals surface area contributed by atoms with Gasteiger partial charge in [0.1, 0.15) is 0 Å². The molecule has 1 rings (SSSR count). The number of halogens is 1. The van der Waals surface area contributed by atoms with Crippen molar-refractivity contribution in [1.29, 1.82) is 0 Å². The van der Waals surface area contributed by atoms with E-state index >= 15 is 0 Å². The molecule has 0 saturated carbocycles. The van der Waals surface area contributed by atoms with Gasteiger partial charge in [0, 0.05) is 21.8 Å². The summed E-state index contributed by atoms with van der Waals surface area (Å²) in [5.74, 6) is -0.225. The van der Waals surface area contributed by atoms with E-state index in [-0.39, 0.29) is 18.6 Å². The molecule has 0 saturated heterocycles. The number of hydrogen-bond acceptors (Lipinski definition) is 3. The number of benzene rings is 1. The fraction of sp³-hybridized carbons (Fsp3) is 0.300. The maximum absolute atomic E-state index is 11.6. The lowest BCUT2D eigenvalue weighted by molar-refractivity contribution is 0.0922. The van der Waals surface area contributed by atoms with Gasteiger partial charge in [-0.15, -0.1) is 0 Å². The first kappa shape index (κ1) is 12.0. The quantitative estimate of drug-likeness (QED) is 0.723. The van der Waals surface area contributed by atoms with E-state index in [1.165, 1.54) is 0 Å². The molecule has 0 unspecified atom stereocenters. The Morgan fingerprint density at radius 2 is 2.33 bits per heavy atom. The summed E-state index contributed by atoms with van der Waals surface area (Å²) in [7, 11) is 0. The minimum Gasteiger partial charge on any atom is -0.398 e. The molecule has 1 aromatic carbocycles. The van der Waals surface area contributed by atoms with Crippen molar-refractivity contribution in [3.63, 3.8) is 0 Å². The third kappa shape index (κ3) is 3.21. The van der Waals surface area contributed by atoms with Crippen LogP contribution in [0.3, 0.4) is 0 Å². The number of anilines is 1. The second-order valence-electron chi connectivity index (χ2n) is 3.29. The smallest absolute Gasteiger partial charge is 0.251 e. The molecule has 0 aliphatic heterocycles. The number of aliphatic hydroxyl groups excluding tert-OH is 1. The molecule has 0 radical (unpaired) electrons. The van der Waals surface area contributed by atoms with Gasteiger partial charge in [-0.25, -0.2) is 0 Å². The highest BCUT2D eigenvalue weighted by molar-refractivity contribution is 9.10. The van der Waals surface area contributed by atoms with E-state index in [1.807, 2.05) is 0 Å². The maximum Gasteiger partial charge on any atom is 0.251 e. The minimum atomic E-state index is -0.256. The number of rotatable bonds is 3. The van der Waals surface area contributed by atoms with Gasteiger partial charge in [0.15, 0.2) is 0 Å². The van der Waals surface area contributed by atoms with Crippen LogP contribution in [0.1, 0.15) is 17.3 Å². The van der Waals surface area contributed by atoms with Crippen LogP contribution in [0.4, 0.5) is 5.69 Å². The van der Waals surface area contributed by atoms with E-state index in [9.17, 15) is 4.79 Å². The maximum atomic E-state index is 11.6. The predicted molar refractivity (Wildman–Crippen MR) is 62.6 cm³/mol. The Hall–Kier alpha value is -1.07. The van der Waals surface area contributed by atoms with Crippen molar-refractivity contribution in [2.45, 2.75) is 13.0 Å². The summed E-state index contributed by atoms with van der Waals surface area (Å²) in [4.78, 5) is 11.6. The van der Waals surface area contributed by atoms with Gasteiger partial charge in [-0.1, -0.05) is 0 Å². The van der Waals surface area contributed by atoms with Gasteiger partial charge in [0.25, 0.3) is 5.91 Å². The monoisotopic (exact) mass is 272 g/mol. The summed E-state index contributed by atoms with van der Waals surface area (Å²) in [6, 6.07) is 4.69. The van der Waals surface area contributed by atoms with Crippen LogP contribution in [-0.2, 0) is 0 Å². The molecular weight excluding hydrogens is 260 g/mol. The normalized spacial score (nSPS) is 12.2. The second-order valence-corrected chi connectivity index (χ2v) is 4.15. The fourth-order valence-corrected chi connectivity index (χ4v) is 1.40. The van der Waals surface area contributed by atoms with Gasteiger partial charge in [0.05, 0.1) is 6.61 Å². The van der Waals surface area contributed by atoms with E-state index in [4.69, 9.17) is 10.8 Å². The Morgan fingerprint density at radius 1 is 1.67 bits per heavy atom. The SMILES string of the molecule is C[C@@H](CO)NC(=O)c1ccc(N)c(Br)c1. The lowest BCUT2D eigenvalue weighted by Gasteiger charge is -2.11. The third-order valence-electron chi connectivity index (χ3n) is 1.91. The summed E-state index contributed by atoms with van der Waals surface area (Å²) in [6.45, 7) is 1.64. The zero-order valence-electron chi connectivity index (χ0n) is 8.33. The van der Waals surface area contributed by atoms with Crippen LogP contribution in [0.15, 0.2) is 22.7 Å². The minimum absolute atomic E-state index is 0.0815. The largest absolute Gasteiger partial charge is 0.398 e. The number of carbonyl (C=O) groups is 1. The molecule has 4 nitrogen and oxygen atoms in total. The van der Waals surface area contributed by atoms with Gasteiger partial charge in [-0.05, 0) is 41.1 Å². The molecule has 5 heteroatoms.